The highest BCUT2D eigenvalue weighted by Crippen LogP contribution is 2.24. The van der Waals surface area contributed by atoms with Gasteiger partial charge in [-0.15, -0.1) is 0 Å². The minimum absolute atomic E-state index is 0.287. The van der Waals surface area contributed by atoms with Crippen LogP contribution in [-0.2, 0) is 10.1 Å². The van der Waals surface area contributed by atoms with Crippen LogP contribution in [0.4, 0.5) is 5.69 Å². The number of carbonyl (C=O) groups is 1. The van der Waals surface area contributed by atoms with Crippen LogP contribution in [0.2, 0.25) is 0 Å². The lowest BCUT2D eigenvalue weighted by atomic mass is 10.0. The van der Waals surface area contributed by atoms with Crippen molar-refractivity contribution in [1.82, 2.24) is 0 Å². The fourth-order valence-corrected chi connectivity index (χ4v) is 1.51. The molecule has 4 N–H and O–H groups in total. The van der Waals surface area contributed by atoms with Gasteiger partial charge >= 0.3 is 5.97 Å². The Labute approximate surface area is 110 Å². The SMILES string of the molecule is CS(=O)(=O)O.Nc1ccc(C(=O)O)c2ccccc12. The van der Waals surface area contributed by atoms with Crippen molar-refractivity contribution < 1.29 is 22.9 Å². The predicted molar refractivity (Wildman–Crippen MR) is 72.8 cm³/mol. The zero-order chi connectivity index (χ0) is 14.6. The Bertz CT molecular complexity index is 701. The number of benzene rings is 2. The van der Waals surface area contributed by atoms with Gasteiger partial charge in [-0.25, -0.2) is 4.79 Å². The van der Waals surface area contributed by atoms with Gasteiger partial charge in [0.25, 0.3) is 10.1 Å². The molecule has 6 nitrogen and oxygen atoms in total. The summed E-state index contributed by atoms with van der Waals surface area (Å²) in [5.74, 6) is -0.929. The van der Waals surface area contributed by atoms with E-state index in [4.69, 9.17) is 15.4 Å². The molecule has 0 spiro atoms. The number of nitrogens with two attached hydrogens (primary N) is 1. The zero-order valence-corrected chi connectivity index (χ0v) is 10.9. The van der Waals surface area contributed by atoms with Gasteiger partial charge in [0.05, 0.1) is 11.8 Å². The number of hydrogen-bond acceptors (Lipinski definition) is 4. The van der Waals surface area contributed by atoms with Crippen LogP contribution in [-0.4, -0.2) is 30.3 Å². The van der Waals surface area contributed by atoms with E-state index in [0.29, 0.717) is 17.3 Å². The zero-order valence-electron chi connectivity index (χ0n) is 10.1. The fraction of sp³-hybridized carbons (Fsp3) is 0.0833. The summed E-state index contributed by atoms with van der Waals surface area (Å²) in [5, 5.41) is 10.4. The van der Waals surface area contributed by atoms with E-state index in [1.54, 1.807) is 18.2 Å². The van der Waals surface area contributed by atoms with Crippen molar-refractivity contribution in [3.63, 3.8) is 0 Å². The van der Waals surface area contributed by atoms with Crippen LogP contribution < -0.4 is 5.73 Å². The van der Waals surface area contributed by atoms with E-state index < -0.39 is 16.1 Å². The van der Waals surface area contributed by atoms with Crippen LogP contribution in [0.15, 0.2) is 36.4 Å². The topological polar surface area (TPSA) is 118 Å². The third-order valence-corrected chi connectivity index (χ3v) is 2.19. The standard InChI is InChI=1S/C11H9NO2.CH4O3S/c12-10-6-5-9(11(13)14)7-3-1-2-4-8(7)10;1-5(2,3)4/h1-6H,12H2,(H,13,14);1H3,(H,2,3,4). The minimum atomic E-state index is -3.67. The number of fused-ring (bicyclic) bond motifs is 1. The van der Waals surface area contributed by atoms with Crippen LogP contribution in [0, 0.1) is 0 Å². The Kier molecular flexibility index (Phi) is 4.47. The predicted octanol–water partition coefficient (Wildman–Crippen LogP) is 1.62. The van der Waals surface area contributed by atoms with Gasteiger partial charge in [0.15, 0.2) is 0 Å². The monoisotopic (exact) mass is 283 g/mol. The summed E-state index contributed by atoms with van der Waals surface area (Å²) in [5.41, 5.74) is 6.62. The van der Waals surface area contributed by atoms with Crippen LogP contribution in [0.1, 0.15) is 10.4 Å². The molecule has 0 bridgehead atoms. The Morgan fingerprint density at radius 2 is 1.58 bits per heavy atom. The minimum Gasteiger partial charge on any atom is -0.478 e. The maximum atomic E-state index is 10.9. The van der Waals surface area contributed by atoms with Gasteiger partial charge in [0, 0.05) is 11.1 Å². The van der Waals surface area contributed by atoms with Crippen molar-refractivity contribution in [3.05, 3.63) is 42.0 Å². The van der Waals surface area contributed by atoms with Crippen molar-refractivity contribution in [3.8, 4) is 0 Å². The van der Waals surface area contributed by atoms with E-state index in [-0.39, 0.29) is 5.56 Å². The Balaban J connectivity index is 0.000000312. The smallest absolute Gasteiger partial charge is 0.336 e. The number of nitrogen functional groups attached to an aromatic ring is 1. The molecule has 0 aromatic heterocycles. The maximum Gasteiger partial charge on any atom is 0.336 e. The third-order valence-electron chi connectivity index (χ3n) is 2.19. The van der Waals surface area contributed by atoms with Crippen molar-refractivity contribution in [2.75, 3.05) is 12.0 Å². The summed E-state index contributed by atoms with van der Waals surface area (Å²) < 4.78 is 25.9. The number of anilines is 1. The van der Waals surface area contributed by atoms with Crippen molar-refractivity contribution in [2.24, 2.45) is 0 Å². The number of carboxylic acids is 1. The highest BCUT2D eigenvalue weighted by Gasteiger charge is 2.08. The highest BCUT2D eigenvalue weighted by atomic mass is 32.2. The molecule has 0 aliphatic carbocycles. The third kappa shape index (κ3) is 4.57. The molecule has 2 aromatic rings. The normalized spacial score (nSPS) is 10.6. The molecule has 0 fully saturated rings. The van der Waals surface area contributed by atoms with Gasteiger partial charge in [-0.05, 0) is 17.5 Å². The average molecular weight is 283 g/mol. The fourth-order valence-electron chi connectivity index (χ4n) is 1.51. The molecule has 0 aliphatic rings. The summed E-state index contributed by atoms with van der Waals surface area (Å²) in [6, 6.07) is 10.4. The first-order valence-corrected chi connectivity index (χ1v) is 6.98. The van der Waals surface area contributed by atoms with Crippen LogP contribution in [0.5, 0.6) is 0 Å². The quantitative estimate of drug-likeness (QED) is 0.540. The Hall–Kier alpha value is -2.12. The largest absolute Gasteiger partial charge is 0.478 e. The molecule has 0 unspecified atom stereocenters. The maximum absolute atomic E-state index is 10.9. The molecule has 0 saturated heterocycles. The molecule has 0 amide bonds. The van der Waals surface area contributed by atoms with Gasteiger partial charge in [0.2, 0.25) is 0 Å². The van der Waals surface area contributed by atoms with E-state index in [2.05, 4.69) is 0 Å². The lowest BCUT2D eigenvalue weighted by Gasteiger charge is -2.04. The summed E-state index contributed by atoms with van der Waals surface area (Å²) in [6.45, 7) is 0. The molecule has 7 heteroatoms. The molecule has 2 rings (SSSR count). The lowest BCUT2D eigenvalue weighted by Crippen LogP contribution is -1.98. The molecular formula is C12H13NO5S. The van der Waals surface area contributed by atoms with E-state index in [0.717, 1.165) is 5.39 Å². The first-order valence-electron chi connectivity index (χ1n) is 5.13. The van der Waals surface area contributed by atoms with E-state index in [1.807, 2.05) is 12.1 Å². The number of rotatable bonds is 1. The van der Waals surface area contributed by atoms with Crippen LogP contribution in [0.3, 0.4) is 0 Å². The second kappa shape index (κ2) is 5.68. The van der Waals surface area contributed by atoms with Gasteiger partial charge in [-0.2, -0.15) is 8.42 Å². The van der Waals surface area contributed by atoms with E-state index in [9.17, 15) is 13.2 Å². The summed E-state index contributed by atoms with van der Waals surface area (Å²) in [7, 11) is -3.67. The Morgan fingerprint density at radius 1 is 1.11 bits per heavy atom. The molecule has 0 heterocycles. The number of aromatic carboxylic acids is 1. The first kappa shape index (κ1) is 14.9. The van der Waals surface area contributed by atoms with Gasteiger partial charge in [-0.1, -0.05) is 24.3 Å². The average Bonchev–Trinajstić information content (AvgIpc) is 2.27. The van der Waals surface area contributed by atoms with E-state index in [1.165, 1.54) is 6.07 Å². The van der Waals surface area contributed by atoms with Crippen molar-refractivity contribution >= 4 is 32.5 Å². The van der Waals surface area contributed by atoms with Crippen molar-refractivity contribution in [2.45, 2.75) is 0 Å². The highest BCUT2D eigenvalue weighted by molar-refractivity contribution is 7.85. The van der Waals surface area contributed by atoms with Gasteiger partial charge in [-0.3, -0.25) is 4.55 Å². The number of hydrogen-bond donors (Lipinski definition) is 3. The summed E-state index contributed by atoms with van der Waals surface area (Å²) >= 11 is 0. The molecular weight excluding hydrogens is 270 g/mol. The lowest BCUT2D eigenvalue weighted by molar-refractivity contribution is 0.0699. The molecule has 0 aliphatic heterocycles. The summed E-state index contributed by atoms with van der Waals surface area (Å²) in [4.78, 5) is 10.9. The molecule has 0 atom stereocenters. The molecule has 0 saturated carbocycles. The molecule has 102 valence electrons. The summed E-state index contributed by atoms with van der Waals surface area (Å²) in [6.07, 6.45) is 0.715. The van der Waals surface area contributed by atoms with Crippen LogP contribution >= 0.6 is 0 Å². The molecule has 19 heavy (non-hydrogen) atoms. The van der Waals surface area contributed by atoms with Crippen LogP contribution in [0.25, 0.3) is 10.8 Å². The van der Waals surface area contributed by atoms with Crippen molar-refractivity contribution in [1.29, 1.82) is 0 Å². The molecule has 2 aromatic carbocycles. The van der Waals surface area contributed by atoms with Gasteiger partial charge < -0.3 is 10.8 Å². The number of carboxylic acid groups (broad SMARTS) is 1. The molecule has 0 radical (unpaired) electrons. The second-order valence-electron chi connectivity index (χ2n) is 3.79. The second-order valence-corrected chi connectivity index (χ2v) is 5.25. The first-order chi connectivity index (χ1) is 8.70. The Morgan fingerprint density at radius 3 is 2.05 bits per heavy atom. The van der Waals surface area contributed by atoms with Gasteiger partial charge in [0.1, 0.15) is 0 Å². The van der Waals surface area contributed by atoms with E-state index >= 15 is 0 Å².